The molecule has 0 N–H and O–H groups in total. The number of nitrogens with zero attached hydrogens (tertiary/aromatic N) is 2. The first kappa shape index (κ1) is 9.85. The lowest BCUT2D eigenvalue weighted by Gasteiger charge is -2.09. The van der Waals surface area contributed by atoms with Gasteiger partial charge in [0.15, 0.2) is 0 Å². The molecule has 3 heteroatoms. The van der Waals surface area contributed by atoms with E-state index in [4.69, 9.17) is 0 Å². The molecule has 0 aliphatic carbocycles. The summed E-state index contributed by atoms with van der Waals surface area (Å²) in [7, 11) is 0. The van der Waals surface area contributed by atoms with Gasteiger partial charge < -0.3 is 4.40 Å². The van der Waals surface area contributed by atoms with Crippen LogP contribution in [0.3, 0.4) is 0 Å². The highest BCUT2D eigenvalue weighted by Gasteiger charge is 2.09. The molecule has 0 atom stereocenters. The van der Waals surface area contributed by atoms with Crippen molar-refractivity contribution in [2.75, 3.05) is 0 Å². The Morgan fingerprint density at radius 1 is 1.12 bits per heavy atom. The maximum atomic E-state index is 4.52. The molecule has 3 rings (SSSR count). The smallest absolute Gasteiger partial charge is 0.146 e. The lowest BCUT2D eigenvalue weighted by atomic mass is 10.1. The number of halogens is 1. The molecule has 0 unspecified atom stereocenters. The average Bonchev–Trinajstić information content (AvgIpc) is 2.68. The van der Waals surface area contributed by atoms with Crippen LogP contribution >= 0.6 is 15.9 Å². The molecule has 3 aromatic rings. The summed E-state index contributed by atoms with van der Waals surface area (Å²) < 4.78 is 3.02. The Bertz CT molecular complexity index is 698. The summed E-state index contributed by atoms with van der Waals surface area (Å²) in [6, 6.07) is 8.40. The van der Waals surface area contributed by atoms with E-state index in [1.54, 1.807) is 0 Å². The minimum Gasteiger partial charge on any atom is -0.302 e. The first-order valence-corrected chi connectivity index (χ1v) is 6.00. The maximum absolute atomic E-state index is 4.52. The number of hydrogen-bond donors (Lipinski definition) is 0. The average molecular weight is 275 g/mol. The molecule has 0 fully saturated rings. The molecule has 16 heavy (non-hydrogen) atoms. The van der Waals surface area contributed by atoms with Crippen LogP contribution in [-0.4, -0.2) is 9.38 Å². The summed E-state index contributed by atoms with van der Waals surface area (Å²) >= 11 is 3.44. The predicted octanol–water partition coefficient (Wildman–Crippen LogP) is 3.87. The van der Waals surface area contributed by atoms with E-state index in [1.165, 1.54) is 22.0 Å². The molecule has 2 aromatic heterocycles. The Labute approximate surface area is 102 Å². The van der Waals surface area contributed by atoms with Gasteiger partial charge >= 0.3 is 0 Å². The van der Waals surface area contributed by atoms with Crippen molar-refractivity contribution >= 4 is 32.3 Å². The molecular weight excluding hydrogens is 264 g/mol. The third-order valence-electron chi connectivity index (χ3n) is 3.15. The topological polar surface area (TPSA) is 17.3 Å². The van der Waals surface area contributed by atoms with Crippen LogP contribution < -0.4 is 0 Å². The van der Waals surface area contributed by atoms with E-state index in [-0.39, 0.29) is 0 Å². The molecular formula is C13H11BrN2. The summed E-state index contributed by atoms with van der Waals surface area (Å²) in [6.07, 6.45) is 2.02. The minimum absolute atomic E-state index is 0.881. The number of pyridine rings is 1. The van der Waals surface area contributed by atoms with Gasteiger partial charge in [0.05, 0.1) is 0 Å². The van der Waals surface area contributed by atoms with E-state index in [9.17, 15) is 0 Å². The SMILES string of the molecule is Cc1c(C)n2cc(Br)nc2c2ccccc12. The second kappa shape index (κ2) is 3.32. The zero-order chi connectivity index (χ0) is 11.3. The summed E-state index contributed by atoms with van der Waals surface area (Å²) in [6.45, 7) is 4.29. The van der Waals surface area contributed by atoms with Crippen molar-refractivity contribution in [3.05, 3.63) is 46.3 Å². The van der Waals surface area contributed by atoms with E-state index in [2.05, 4.69) is 63.4 Å². The van der Waals surface area contributed by atoms with Crippen LogP contribution in [0.2, 0.25) is 0 Å². The van der Waals surface area contributed by atoms with Crippen LogP contribution in [0.4, 0.5) is 0 Å². The zero-order valence-corrected chi connectivity index (χ0v) is 10.7. The van der Waals surface area contributed by atoms with Gasteiger partial charge in [0.25, 0.3) is 0 Å². The highest BCUT2D eigenvalue weighted by Crippen LogP contribution is 2.27. The molecule has 0 radical (unpaired) electrons. The van der Waals surface area contributed by atoms with Gasteiger partial charge in [-0.05, 0) is 40.7 Å². The van der Waals surface area contributed by atoms with Gasteiger partial charge in [-0.3, -0.25) is 0 Å². The molecule has 1 aromatic carbocycles. The fourth-order valence-corrected chi connectivity index (χ4v) is 2.55. The van der Waals surface area contributed by atoms with Crippen LogP contribution in [0.15, 0.2) is 35.1 Å². The highest BCUT2D eigenvalue weighted by molar-refractivity contribution is 9.10. The molecule has 0 amide bonds. The Balaban J connectivity index is 2.67. The Hall–Kier alpha value is -1.35. The van der Waals surface area contributed by atoms with Crippen LogP contribution in [0.1, 0.15) is 11.3 Å². The standard InChI is InChI=1S/C13H11BrN2/c1-8-9(2)16-7-12(14)15-13(16)11-6-4-3-5-10(8)11/h3-7H,1-2H3. The number of hydrogen-bond acceptors (Lipinski definition) is 1. The van der Waals surface area contributed by atoms with Gasteiger partial charge in [-0.15, -0.1) is 0 Å². The Morgan fingerprint density at radius 3 is 2.56 bits per heavy atom. The third kappa shape index (κ3) is 1.21. The number of benzene rings is 1. The molecule has 2 nitrogen and oxygen atoms in total. The molecule has 0 saturated carbocycles. The van der Waals surface area contributed by atoms with Gasteiger partial charge in [0.2, 0.25) is 0 Å². The van der Waals surface area contributed by atoms with Gasteiger partial charge in [-0.2, -0.15) is 0 Å². The fraction of sp³-hybridized carbons (Fsp3) is 0.154. The van der Waals surface area contributed by atoms with Crippen LogP contribution in [0.5, 0.6) is 0 Å². The minimum atomic E-state index is 0.881. The van der Waals surface area contributed by atoms with Crippen LogP contribution in [0.25, 0.3) is 16.4 Å². The molecule has 0 spiro atoms. The molecule has 2 heterocycles. The lowest BCUT2D eigenvalue weighted by molar-refractivity contribution is 1.08. The van der Waals surface area contributed by atoms with E-state index >= 15 is 0 Å². The largest absolute Gasteiger partial charge is 0.302 e. The van der Waals surface area contributed by atoms with Crippen molar-refractivity contribution in [3.63, 3.8) is 0 Å². The number of fused-ring (bicyclic) bond motifs is 3. The van der Waals surface area contributed by atoms with Crippen molar-refractivity contribution < 1.29 is 0 Å². The van der Waals surface area contributed by atoms with Gasteiger partial charge in [-0.25, -0.2) is 4.98 Å². The highest BCUT2D eigenvalue weighted by atomic mass is 79.9. The summed E-state index contributed by atoms with van der Waals surface area (Å²) in [5.74, 6) is 0. The third-order valence-corrected chi connectivity index (χ3v) is 3.53. The first-order chi connectivity index (χ1) is 7.68. The fourth-order valence-electron chi connectivity index (χ4n) is 2.18. The summed E-state index contributed by atoms with van der Waals surface area (Å²) in [5, 5.41) is 2.49. The van der Waals surface area contributed by atoms with Crippen molar-refractivity contribution in [2.45, 2.75) is 13.8 Å². The second-order valence-electron chi connectivity index (χ2n) is 4.01. The van der Waals surface area contributed by atoms with Gasteiger partial charge in [-0.1, -0.05) is 24.3 Å². The van der Waals surface area contributed by atoms with E-state index in [0.29, 0.717) is 0 Å². The number of rotatable bonds is 0. The van der Waals surface area contributed by atoms with E-state index in [0.717, 1.165) is 10.3 Å². The number of aromatic nitrogens is 2. The lowest BCUT2D eigenvalue weighted by Crippen LogP contribution is -1.95. The molecule has 0 saturated heterocycles. The maximum Gasteiger partial charge on any atom is 0.146 e. The first-order valence-electron chi connectivity index (χ1n) is 5.21. The van der Waals surface area contributed by atoms with Crippen molar-refractivity contribution in [2.24, 2.45) is 0 Å². The molecule has 80 valence electrons. The number of imidazole rings is 1. The predicted molar refractivity (Wildman–Crippen MR) is 69.9 cm³/mol. The quantitative estimate of drug-likeness (QED) is 0.608. The van der Waals surface area contributed by atoms with E-state index < -0.39 is 0 Å². The van der Waals surface area contributed by atoms with Crippen molar-refractivity contribution in [3.8, 4) is 0 Å². The summed E-state index contributed by atoms with van der Waals surface area (Å²) in [4.78, 5) is 4.52. The number of aryl methyl sites for hydroxylation is 2. The second-order valence-corrected chi connectivity index (χ2v) is 4.83. The normalized spacial score (nSPS) is 11.4. The molecule has 0 aliphatic heterocycles. The van der Waals surface area contributed by atoms with Crippen LogP contribution in [-0.2, 0) is 0 Å². The van der Waals surface area contributed by atoms with Gasteiger partial charge in [0.1, 0.15) is 10.3 Å². The van der Waals surface area contributed by atoms with Crippen molar-refractivity contribution in [1.29, 1.82) is 0 Å². The monoisotopic (exact) mass is 274 g/mol. The Kier molecular flexibility index (Phi) is 2.04. The summed E-state index contributed by atoms with van der Waals surface area (Å²) in [5.41, 5.74) is 3.57. The molecule has 0 aliphatic rings. The van der Waals surface area contributed by atoms with Gasteiger partial charge in [0, 0.05) is 17.3 Å². The van der Waals surface area contributed by atoms with Crippen molar-refractivity contribution in [1.82, 2.24) is 9.38 Å². The Morgan fingerprint density at radius 2 is 1.81 bits per heavy atom. The molecule has 0 bridgehead atoms. The van der Waals surface area contributed by atoms with E-state index in [1.807, 2.05) is 6.20 Å². The van der Waals surface area contributed by atoms with Crippen LogP contribution in [0, 0.1) is 13.8 Å². The zero-order valence-electron chi connectivity index (χ0n) is 9.16.